The van der Waals surface area contributed by atoms with E-state index in [0.717, 1.165) is 0 Å². The lowest BCUT2D eigenvalue weighted by Crippen LogP contribution is -2.32. The maximum absolute atomic E-state index is 11.4. The molecule has 0 atom stereocenters. The van der Waals surface area contributed by atoms with E-state index in [1.54, 1.807) is 12.3 Å². The largest absolute Gasteiger partial charge is 0.361 e. The van der Waals surface area contributed by atoms with Gasteiger partial charge in [0.25, 0.3) is 0 Å². The molecule has 5 N–H and O–H groups in total. The van der Waals surface area contributed by atoms with Crippen molar-refractivity contribution >= 4 is 17.7 Å². The van der Waals surface area contributed by atoms with Gasteiger partial charge >= 0.3 is 0 Å². The number of hydrazine groups is 1. The number of nitrogens with two attached hydrogens (primary N) is 1. The summed E-state index contributed by atoms with van der Waals surface area (Å²) in [5.41, 5.74) is 2.33. The lowest BCUT2D eigenvalue weighted by molar-refractivity contribution is -0.119. The number of hydrogen-bond donors (Lipinski definition) is 4. The van der Waals surface area contributed by atoms with Crippen LogP contribution in [0.3, 0.4) is 0 Å². The quantitative estimate of drug-likeness (QED) is 0.409. The molecule has 0 saturated carbocycles. The summed E-state index contributed by atoms with van der Waals surface area (Å²) in [6.45, 7) is 4.92. The highest BCUT2D eigenvalue weighted by molar-refractivity contribution is 5.80. The number of nitrogens with zero attached hydrogens (tertiary/aromatic N) is 2. The van der Waals surface area contributed by atoms with Gasteiger partial charge in [-0.2, -0.15) is 4.98 Å². The topological polar surface area (TPSA) is 105 Å². The van der Waals surface area contributed by atoms with Crippen molar-refractivity contribution in [1.29, 1.82) is 0 Å². The van der Waals surface area contributed by atoms with Crippen molar-refractivity contribution in [1.82, 2.24) is 15.3 Å². The van der Waals surface area contributed by atoms with Crippen molar-refractivity contribution in [3.05, 3.63) is 12.3 Å². The third kappa shape index (κ3) is 5.12. The summed E-state index contributed by atoms with van der Waals surface area (Å²) in [6.07, 6.45) is 1.55. The molecule has 0 aliphatic heterocycles. The summed E-state index contributed by atoms with van der Waals surface area (Å²) < 4.78 is 0. The molecule has 1 aromatic heterocycles. The smallest absolute Gasteiger partial charge is 0.239 e. The lowest BCUT2D eigenvalue weighted by atomic mass is 10.2. The Morgan fingerprint density at radius 3 is 2.94 bits per heavy atom. The van der Waals surface area contributed by atoms with Crippen LogP contribution in [0.4, 0.5) is 11.8 Å². The van der Waals surface area contributed by atoms with Crippen LogP contribution in [0, 0.1) is 5.92 Å². The van der Waals surface area contributed by atoms with Crippen molar-refractivity contribution < 1.29 is 4.79 Å². The van der Waals surface area contributed by atoms with Crippen molar-refractivity contribution in [2.24, 2.45) is 11.8 Å². The summed E-state index contributed by atoms with van der Waals surface area (Å²) in [7, 11) is 0. The van der Waals surface area contributed by atoms with Gasteiger partial charge in [0.2, 0.25) is 11.9 Å². The fraction of sp³-hybridized carbons (Fsp3) is 0.500. The molecule has 0 aromatic carbocycles. The van der Waals surface area contributed by atoms with Crippen molar-refractivity contribution in [3.8, 4) is 0 Å². The number of nitrogen functional groups attached to an aromatic ring is 1. The predicted octanol–water partition coefficient (Wildman–Crippen LogP) is -0.0537. The van der Waals surface area contributed by atoms with E-state index in [1.807, 2.05) is 13.8 Å². The lowest BCUT2D eigenvalue weighted by Gasteiger charge is -2.09. The Balaban J connectivity index is 2.36. The van der Waals surface area contributed by atoms with E-state index in [4.69, 9.17) is 5.84 Å². The first-order valence-electron chi connectivity index (χ1n) is 5.42. The van der Waals surface area contributed by atoms with E-state index in [9.17, 15) is 4.79 Å². The molecular weight excluding hydrogens is 220 g/mol. The van der Waals surface area contributed by atoms with Crippen LogP contribution in [-0.4, -0.2) is 29.0 Å². The van der Waals surface area contributed by atoms with Crippen molar-refractivity contribution in [3.63, 3.8) is 0 Å². The first-order valence-corrected chi connectivity index (χ1v) is 5.42. The molecule has 1 heterocycles. The van der Waals surface area contributed by atoms with Crippen molar-refractivity contribution in [2.75, 3.05) is 23.8 Å². The fourth-order valence-corrected chi connectivity index (χ4v) is 1.08. The van der Waals surface area contributed by atoms with Crippen LogP contribution in [0.15, 0.2) is 12.3 Å². The molecule has 17 heavy (non-hydrogen) atoms. The molecule has 7 nitrogen and oxygen atoms in total. The highest BCUT2D eigenvalue weighted by atomic mass is 16.1. The molecule has 1 aromatic rings. The standard InChI is InChI=1S/C10H18N6O/c1-7(2)5-14-9(17)6-13-8-3-4-12-10(15-8)16-11/h3-4,7H,5-6,11H2,1-2H3,(H,14,17)(H2,12,13,15,16). The molecule has 0 aliphatic rings. The summed E-state index contributed by atoms with van der Waals surface area (Å²) in [5, 5.41) is 5.68. The van der Waals surface area contributed by atoms with Gasteiger partial charge < -0.3 is 10.6 Å². The Morgan fingerprint density at radius 2 is 2.29 bits per heavy atom. The van der Waals surface area contributed by atoms with Crippen LogP contribution in [0.25, 0.3) is 0 Å². The highest BCUT2D eigenvalue weighted by Crippen LogP contribution is 2.03. The molecule has 0 bridgehead atoms. The molecule has 0 fully saturated rings. The Morgan fingerprint density at radius 1 is 1.53 bits per heavy atom. The Bertz CT molecular complexity index is 368. The second kappa shape index (κ2) is 6.64. The van der Waals surface area contributed by atoms with E-state index < -0.39 is 0 Å². The zero-order chi connectivity index (χ0) is 12.7. The third-order valence-corrected chi connectivity index (χ3v) is 1.92. The second-order valence-corrected chi connectivity index (χ2v) is 3.96. The van der Waals surface area contributed by atoms with E-state index in [1.165, 1.54) is 0 Å². The monoisotopic (exact) mass is 238 g/mol. The van der Waals surface area contributed by atoms with E-state index >= 15 is 0 Å². The molecule has 0 unspecified atom stereocenters. The van der Waals surface area contributed by atoms with Gasteiger partial charge in [0.1, 0.15) is 5.82 Å². The van der Waals surface area contributed by atoms with Crippen LogP contribution in [0.5, 0.6) is 0 Å². The zero-order valence-electron chi connectivity index (χ0n) is 10.0. The van der Waals surface area contributed by atoms with Crippen LogP contribution in [0.2, 0.25) is 0 Å². The molecule has 7 heteroatoms. The summed E-state index contributed by atoms with van der Waals surface area (Å²) in [4.78, 5) is 19.3. The fourth-order valence-electron chi connectivity index (χ4n) is 1.08. The van der Waals surface area contributed by atoms with E-state index in [-0.39, 0.29) is 12.5 Å². The van der Waals surface area contributed by atoms with Gasteiger partial charge in [0.15, 0.2) is 0 Å². The maximum Gasteiger partial charge on any atom is 0.239 e. The maximum atomic E-state index is 11.4. The molecular formula is C10H18N6O. The Kier molecular flexibility index (Phi) is 5.15. The van der Waals surface area contributed by atoms with Gasteiger partial charge in [-0.25, -0.2) is 10.8 Å². The average molecular weight is 238 g/mol. The normalized spacial score (nSPS) is 10.1. The molecule has 1 rings (SSSR count). The van der Waals surface area contributed by atoms with Gasteiger partial charge in [-0.15, -0.1) is 0 Å². The van der Waals surface area contributed by atoms with Crippen molar-refractivity contribution in [2.45, 2.75) is 13.8 Å². The molecule has 0 aliphatic carbocycles. The number of aromatic nitrogens is 2. The molecule has 0 spiro atoms. The highest BCUT2D eigenvalue weighted by Gasteiger charge is 2.03. The Hall–Kier alpha value is -1.89. The van der Waals surface area contributed by atoms with Crippen LogP contribution in [-0.2, 0) is 4.79 Å². The third-order valence-electron chi connectivity index (χ3n) is 1.92. The number of hydrogen-bond acceptors (Lipinski definition) is 6. The summed E-state index contributed by atoms with van der Waals surface area (Å²) in [6, 6.07) is 1.66. The van der Waals surface area contributed by atoms with E-state index in [2.05, 4.69) is 26.0 Å². The first-order chi connectivity index (χ1) is 8.11. The van der Waals surface area contributed by atoms with E-state index in [0.29, 0.717) is 24.2 Å². The number of anilines is 2. The summed E-state index contributed by atoms with van der Waals surface area (Å²) >= 11 is 0. The second-order valence-electron chi connectivity index (χ2n) is 3.96. The van der Waals surface area contributed by atoms with Crippen LogP contribution >= 0.6 is 0 Å². The molecule has 0 saturated heterocycles. The predicted molar refractivity (Wildman–Crippen MR) is 66.2 cm³/mol. The molecule has 0 radical (unpaired) electrons. The van der Waals surface area contributed by atoms with Gasteiger partial charge in [0, 0.05) is 12.7 Å². The average Bonchev–Trinajstić information content (AvgIpc) is 2.34. The minimum Gasteiger partial charge on any atom is -0.361 e. The number of amides is 1. The molecule has 94 valence electrons. The number of carbonyl (C=O) groups excluding carboxylic acids is 1. The first kappa shape index (κ1) is 13.2. The van der Waals surface area contributed by atoms with Crippen LogP contribution in [0.1, 0.15) is 13.8 Å². The van der Waals surface area contributed by atoms with Gasteiger partial charge in [-0.3, -0.25) is 10.2 Å². The Labute approximate surface area is 100 Å². The SMILES string of the molecule is CC(C)CNC(=O)CNc1ccnc(NN)n1. The minimum atomic E-state index is -0.0698. The number of nitrogens with one attached hydrogen (secondary N) is 3. The van der Waals surface area contributed by atoms with Gasteiger partial charge in [-0.05, 0) is 12.0 Å². The van der Waals surface area contributed by atoms with Gasteiger partial charge in [-0.1, -0.05) is 13.8 Å². The number of rotatable bonds is 6. The molecule has 1 amide bonds. The zero-order valence-corrected chi connectivity index (χ0v) is 10.0. The number of carbonyl (C=O) groups is 1. The minimum absolute atomic E-state index is 0.0698. The van der Waals surface area contributed by atoms with Crippen LogP contribution < -0.4 is 21.9 Å². The summed E-state index contributed by atoms with van der Waals surface area (Å²) in [5.74, 6) is 6.39. The van der Waals surface area contributed by atoms with Gasteiger partial charge in [0.05, 0.1) is 6.54 Å².